The number of nitrogens with one attached hydrogen (secondary N) is 1. The third kappa shape index (κ3) is 3.19. The van der Waals surface area contributed by atoms with E-state index in [4.69, 9.17) is 4.74 Å². The Morgan fingerprint density at radius 3 is 2.88 bits per heavy atom. The Bertz CT molecular complexity index is 351. The molecule has 16 heavy (non-hydrogen) atoms. The summed E-state index contributed by atoms with van der Waals surface area (Å²) in [6.45, 7) is 5.06. The summed E-state index contributed by atoms with van der Waals surface area (Å²) in [4.78, 5) is 4.14. The van der Waals surface area contributed by atoms with Crippen LogP contribution in [-0.2, 0) is 4.74 Å². The van der Waals surface area contributed by atoms with Gasteiger partial charge in [0.15, 0.2) is 0 Å². The number of rotatable bonds is 3. The number of anilines is 1. The van der Waals surface area contributed by atoms with Gasteiger partial charge >= 0.3 is 0 Å². The lowest BCUT2D eigenvalue weighted by molar-refractivity contribution is 0.0300. The summed E-state index contributed by atoms with van der Waals surface area (Å²) >= 11 is 3.42. The van der Waals surface area contributed by atoms with Crippen LogP contribution in [0.25, 0.3) is 0 Å². The molecule has 1 aliphatic heterocycles. The molecule has 2 heterocycles. The van der Waals surface area contributed by atoms with Crippen LogP contribution >= 0.6 is 15.9 Å². The van der Waals surface area contributed by atoms with Gasteiger partial charge in [-0.15, -0.1) is 0 Å². The molecule has 1 fully saturated rings. The Kier molecular flexibility index (Phi) is 3.82. The average Bonchev–Trinajstić information content (AvgIpc) is 2.28. The molecule has 1 aliphatic rings. The van der Waals surface area contributed by atoms with Crippen molar-refractivity contribution in [1.29, 1.82) is 0 Å². The van der Waals surface area contributed by atoms with E-state index < -0.39 is 0 Å². The Morgan fingerprint density at radius 1 is 1.44 bits per heavy atom. The van der Waals surface area contributed by atoms with Crippen LogP contribution in [0.1, 0.15) is 19.8 Å². The summed E-state index contributed by atoms with van der Waals surface area (Å²) in [5, 5.41) is 3.45. The monoisotopic (exact) mass is 284 g/mol. The lowest BCUT2D eigenvalue weighted by Crippen LogP contribution is -2.33. The number of ether oxygens (including phenoxy) is 1. The van der Waals surface area contributed by atoms with Crippen LogP contribution in [-0.4, -0.2) is 24.7 Å². The van der Waals surface area contributed by atoms with E-state index in [-0.39, 0.29) is 0 Å². The number of hydrogen-bond donors (Lipinski definition) is 1. The van der Waals surface area contributed by atoms with E-state index in [1.165, 1.54) is 0 Å². The molecule has 0 spiro atoms. The van der Waals surface area contributed by atoms with E-state index in [0.717, 1.165) is 42.8 Å². The first-order chi connectivity index (χ1) is 7.68. The van der Waals surface area contributed by atoms with Gasteiger partial charge in [-0.05, 0) is 40.3 Å². The maximum atomic E-state index is 5.39. The fourth-order valence-electron chi connectivity index (χ4n) is 1.86. The summed E-state index contributed by atoms with van der Waals surface area (Å²) in [5.74, 6) is 0. The van der Waals surface area contributed by atoms with E-state index in [1.54, 1.807) is 6.20 Å². The summed E-state index contributed by atoms with van der Waals surface area (Å²) in [7, 11) is 0. The van der Waals surface area contributed by atoms with Gasteiger partial charge in [-0.1, -0.05) is 6.92 Å². The van der Waals surface area contributed by atoms with E-state index in [9.17, 15) is 0 Å². The van der Waals surface area contributed by atoms with Gasteiger partial charge in [-0.3, -0.25) is 4.98 Å². The van der Waals surface area contributed by atoms with Crippen molar-refractivity contribution < 1.29 is 4.74 Å². The zero-order valence-electron chi connectivity index (χ0n) is 9.50. The Balaban J connectivity index is 1.91. The van der Waals surface area contributed by atoms with Gasteiger partial charge in [0, 0.05) is 30.4 Å². The van der Waals surface area contributed by atoms with Crippen molar-refractivity contribution >= 4 is 21.6 Å². The quantitative estimate of drug-likeness (QED) is 0.926. The molecule has 0 aromatic carbocycles. The molecule has 0 atom stereocenters. The third-order valence-corrected chi connectivity index (χ3v) is 3.56. The number of aromatic nitrogens is 1. The minimum atomic E-state index is 0.348. The smallest absolute Gasteiger partial charge is 0.0538 e. The highest BCUT2D eigenvalue weighted by Gasteiger charge is 2.26. The predicted octanol–water partition coefficient (Wildman–Crippen LogP) is 3.07. The van der Waals surface area contributed by atoms with Crippen LogP contribution in [0.4, 0.5) is 5.69 Å². The first kappa shape index (κ1) is 11.9. The molecule has 0 radical (unpaired) electrons. The van der Waals surface area contributed by atoms with Gasteiger partial charge in [-0.2, -0.15) is 0 Å². The number of halogens is 1. The first-order valence-electron chi connectivity index (χ1n) is 5.60. The normalized spacial score (nSPS) is 19.4. The van der Waals surface area contributed by atoms with Gasteiger partial charge in [0.05, 0.1) is 11.9 Å². The van der Waals surface area contributed by atoms with E-state index in [1.807, 2.05) is 6.20 Å². The maximum absolute atomic E-state index is 5.39. The van der Waals surface area contributed by atoms with Crippen LogP contribution in [0.15, 0.2) is 22.9 Å². The van der Waals surface area contributed by atoms with Crippen molar-refractivity contribution in [2.24, 2.45) is 5.41 Å². The molecule has 1 aromatic heterocycles. The zero-order chi connectivity index (χ0) is 11.4. The van der Waals surface area contributed by atoms with Crippen LogP contribution in [0, 0.1) is 5.41 Å². The number of pyridine rings is 1. The van der Waals surface area contributed by atoms with E-state index in [2.05, 4.69) is 39.2 Å². The average molecular weight is 285 g/mol. The standard InChI is InChI=1S/C12H17BrN2O/c1-12(2-4-16-5-3-12)9-15-11-6-10(13)7-14-8-11/h6-8,15H,2-5,9H2,1H3. The number of nitrogens with zero attached hydrogens (tertiary/aromatic N) is 1. The van der Waals surface area contributed by atoms with Crippen LogP contribution < -0.4 is 5.32 Å². The lowest BCUT2D eigenvalue weighted by atomic mass is 9.82. The largest absolute Gasteiger partial charge is 0.383 e. The summed E-state index contributed by atoms with van der Waals surface area (Å²) in [6.07, 6.45) is 5.90. The van der Waals surface area contributed by atoms with Crippen molar-refractivity contribution in [2.75, 3.05) is 25.1 Å². The highest BCUT2D eigenvalue weighted by Crippen LogP contribution is 2.30. The molecule has 2 rings (SSSR count). The molecular weight excluding hydrogens is 268 g/mol. The Morgan fingerprint density at radius 2 is 2.19 bits per heavy atom. The molecule has 1 N–H and O–H groups in total. The highest BCUT2D eigenvalue weighted by molar-refractivity contribution is 9.10. The van der Waals surface area contributed by atoms with Gasteiger partial charge in [0.25, 0.3) is 0 Å². The molecular formula is C12H17BrN2O. The molecule has 4 heteroatoms. The second kappa shape index (κ2) is 5.15. The van der Waals surface area contributed by atoms with Crippen LogP contribution in [0.3, 0.4) is 0 Å². The summed E-state index contributed by atoms with van der Waals surface area (Å²) < 4.78 is 6.40. The predicted molar refractivity (Wildman–Crippen MR) is 68.6 cm³/mol. The molecule has 0 amide bonds. The fraction of sp³-hybridized carbons (Fsp3) is 0.583. The Hall–Kier alpha value is -0.610. The van der Waals surface area contributed by atoms with Gasteiger partial charge in [-0.25, -0.2) is 0 Å². The second-order valence-electron chi connectivity index (χ2n) is 4.67. The fourth-order valence-corrected chi connectivity index (χ4v) is 2.23. The van der Waals surface area contributed by atoms with Gasteiger partial charge in [0.1, 0.15) is 0 Å². The molecule has 0 unspecified atom stereocenters. The second-order valence-corrected chi connectivity index (χ2v) is 5.58. The maximum Gasteiger partial charge on any atom is 0.0538 e. The molecule has 0 aliphatic carbocycles. The lowest BCUT2D eigenvalue weighted by Gasteiger charge is -2.33. The van der Waals surface area contributed by atoms with E-state index >= 15 is 0 Å². The molecule has 3 nitrogen and oxygen atoms in total. The van der Waals surface area contributed by atoms with Crippen molar-refractivity contribution in [3.05, 3.63) is 22.9 Å². The van der Waals surface area contributed by atoms with Crippen molar-refractivity contribution in [2.45, 2.75) is 19.8 Å². The first-order valence-corrected chi connectivity index (χ1v) is 6.39. The third-order valence-electron chi connectivity index (χ3n) is 3.12. The van der Waals surface area contributed by atoms with Gasteiger partial charge < -0.3 is 10.1 Å². The molecule has 1 aromatic rings. The zero-order valence-corrected chi connectivity index (χ0v) is 11.1. The van der Waals surface area contributed by atoms with Gasteiger partial charge in [0.2, 0.25) is 0 Å². The topological polar surface area (TPSA) is 34.2 Å². The minimum absolute atomic E-state index is 0.348. The Labute approximate surface area is 105 Å². The molecule has 88 valence electrons. The summed E-state index contributed by atoms with van der Waals surface area (Å²) in [5.41, 5.74) is 1.42. The van der Waals surface area contributed by atoms with Crippen LogP contribution in [0.2, 0.25) is 0 Å². The highest BCUT2D eigenvalue weighted by atomic mass is 79.9. The summed E-state index contributed by atoms with van der Waals surface area (Å²) in [6, 6.07) is 2.05. The van der Waals surface area contributed by atoms with Crippen molar-refractivity contribution in [1.82, 2.24) is 4.98 Å². The van der Waals surface area contributed by atoms with Crippen molar-refractivity contribution in [3.63, 3.8) is 0 Å². The SMILES string of the molecule is CC1(CNc2cncc(Br)c2)CCOCC1. The van der Waals surface area contributed by atoms with Crippen LogP contribution in [0.5, 0.6) is 0 Å². The molecule has 1 saturated heterocycles. The molecule has 0 bridgehead atoms. The minimum Gasteiger partial charge on any atom is -0.383 e. The van der Waals surface area contributed by atoms with E-state index in [0.29, 0.717) is 5.41 Å². The number of hydrogen-bond acceptors (Lipinski definition) is 3. The van der Waals surface area contributed by atoms with Crippen molar-refractivity contribution in [3.8, 4) is 0 Å². The molecule has 0 saturated carbocycles.